The number of hydrogen-bond acceptors (Lipinski definition) is 7. The number of primary amides is 1. The zero-order valence-electron chi connectivity index (χ0n) is 11.1. The first-order valence-corrected chi connectivity index (χ1v) is 6.08. The molecule has 10 nitrogen and oxygen atoms in total. The minimum atomic E-state index is -0.760. The highest BCUT2D eigenvalue weighted by atomic mass is 16.2. The predicted molar refractivity (Wildman–Crippen MR) is 75.9 cm³/mol. The van der Waals surface area contributed by atoms with Gasteiger partial charge in [-0.1, -0.05) is 0 Å². The summed E-state index contributed by atoms with van der Waals surface area (Å²) in [5.41, 5.74) is 11.4. The summed E-state index contributed by atoms with van der Waals surface area (Å²) in [4.78, 5) is 31.1. The van der Waals surface area contributed by atoms with Gasteiger partial charge in [0.2, 0.25) is 0 Å². The molecule has 3 rings (SSSR count). The second kappa shape index (κ2) is 5.09. The van der Waals surface area contributed by atoms with E-state index in [1.165, 1.54) is 16.9 Å². The van der Waals surface area contributed by atoms with Crippen molar-refractivity contribution in [3.05, 3.63) is 42.2 Å². The molecule has 0 spiro atoms. The first-order chi connectivity index (χ1) is 10.6. The third-order valence-corrected chi connectivity index (χ3v) is 2.86. The number of nitrogens with two attached hydrogens (primary N) is 2. The minimum absolute atomic E-state index is 0.00797. The van der Waals surface area contributed by atoms with Crippen LogP contribution in [-0.4, -0.2) is 36.4 Å². The van der Waals surface area contributed by atoms with Crippen molar-refractivity contribution in [1.82, 2.24) is 24.6 Å². The first-order valence-electron chi connectivity index (χ1n) is 6.08. The lowest BCUT2D eigenvalue weighted by molar-refractivity contribution is 0.0995. The molecule has 0 aliphatic rings. The number of nitrogens with one attached hydrogen (secondary N) is 1. The molecular weight excluding hydrogens is 288 g/mol. The molecule has 0 aliphatic heterocycles. The summed E-state index contributed by atoms with van der Waals surface area (Å²) in [6.07, 6.45) is 4.30. The molecule has 110 valence electrons. The van der Waals surface area contributed by atoms with E-state index in [0.717, 1.165) is 0 Å². The summed E-state index contributed by atoms with van der Waals surface area (Å²) >= 11 is 0. The number of carbonyl (C=O) groups excluding carboxylic acids is 2. The van der Waals surface area contributed by atoms with Crippen LogP contribution in [0.15, 0.2) is 30.9 Å². The van der Waals surface area contributed by atoms with E-state index in [1.54, 1.807) is 18.3 Å². The van der Waals surface area contributed by atoms with E-state index in [1.807, 2.05) is 0 Å². The molecule has 0 saturated heterocycles. The van der Waals surface area contributed by atoms with Crippen molar-refractivity contribution in [2.45, 2.75) is 0 Å². The maximum Gasteiger partial charge on any atom is 0.280 e. The van der Waals surface area contributed by atoms with Crippen molar-refractivity contribution in [1.29, 1.82) is 0 Å². The van der Waals surface area contributed by atoms with E-state index in [0.29, 0.717) is 5.69 Å². The normalized spacial score (nSPS) is 10.5. The van der Waals surface area contributed by atoms with E-state index in [4.69, 9.17) is 11.5 Å². The Morgan fingerprint density at radius 1 is 1.23 bits per heavy atom. The lowest BCUT2D eigenvalue weighted by atomic mass is 10.3. The third-order valence-electron chi connectivity index (χ3n) is 2.86. The second-order valence-electron chi connectivity index (χ2n) is 4.28. The number of nitrogens with zero attached hydrogens (tertiary/aromatic N) is 5. The molecular formula is C12H10N8O2. The van der Waals surface area contributed by atoms with Gasteiger partial charge in [0.05, 0.1) is 11.9 Å². The molecule has 0 radical (unpaired) electrons. The van der Waals surface area contributed by atoms with Crippen molar-refractivity contribution < 1.29 is 9.59 Å². The molecule has 0 fully saturated rings. The molecule has 5 N–H and O–H groups in total. The van der Waals surface area contributed by atoms with Gasteiger partial charge in [0.1, 0.15) is 12.1 Å². The fourth-order valence-electron chi connectivity index (χ4n) is 1.84. The molecule has 0 atom stereocenters. The van der Waals surface area contributed by atoms with Crippen LogP contribution in [-0.2, 0) is 0 Å². The van der Waals surface area contributed by atoms with Crippen LogP contribution in [0.25, 0.3) is 5.65 Å². The Labute approximate surface area is 123 Å². The number of imidazole rings is 1. The summed E-state index contributed by atoms with van der Waals surface area (Å²) in [6, 6.07) is 3.33. The number of anilines is 2. The van der Waals surface area contributed by atoms with Crippen LogP contribution in [0.3, 0.4) is 0 Å². The predicted octanol–water partition coefficient (Wildman–Crippen LogP) is -0.547. The largest absolute Gasteiger partial charge is 0.383 e. The van der Waals surface area contributed by atoms with Gasteiger partial charge in [0, 0.05) is 6.20 Å². The number of fused-ring (bicyclic) bond motifs is 1. The molecule has 2 amide bonds. The summed E-state index contributed by atoms with van der Waals surface area (Å²) in [6.45, 7) is 0. The lowest BCUT2D eigenvalue weighted by Crippen LogP contribution is -2.19. The van der Waals surface area contributed by atoms with Gasteiger partial charge in [0.15, 0.2) is 17.0 Å². The molecule has 3 aromatic rings. The first kappa shape index (κ1) is 13.4. The zero-order valence-corrected chi connectivity index (χ0v) is 11.1. The highest BCUT2D eigenvalue weighted by Gasteiger charge is 2.19. The van der Waals surface area contributed by atoms with Crippen LogP contribution < -0.4 is 16.8 Å². The van der Waals surface area contributed by atoms with Gasteiger partial charge < -0.3 is 16.8 Å². The van der Waals surface area contributed by atoms with Crippen LogP contribution in [0.1, 0.15) is 21.0 Å². The average Bonchev–Trinajstić information content (AvgIpc) is 2.93. The number of carbonyl (C=O) groups is 2. The summed E-state index contributed by atoms with van der Waals surface area (Å²) in [5.74, 6) is -1.33. The van der Waals surface area contributed by atoms with Crippen molar-refractivity contribution in [3.63, 3.8) is 0 Å². The van der Waals surface area contributed by atoms with Gasteiger partial charge >= 0.3 is 0 Å². The van der Waals surface area contributed by atoms with Gasteiger partial charge in [-0.05, 0) is 12.1 Å². The smallest absolute Gasteiger partial charge is 0.280 e. The van der Waals surface area contributed by atoms with Crippen LogP contribution in [0, 0.1) is 0 Å². The Hall–Kier alpha value is -3.56. The van der Waals surface area contributed by atoms with Crippen molar-refractivity contribution >= 4 is 29.0 Å². The average molecular weight is 298 g/mol. The zero-order chi connectivity index (χ0) is 15.7. The van der Waals surface area contributed by atoms with E-state index in [2.05, 4.69) is 25.5 Å². The van der Waals surface area contributed by atoms with Crippen LogP contribution in [0.2, 0.25) is 0 Å². The van der Waals surface area contributed by atoms with Gasteiger partial charge in [-0.15, -0.1) is 10.2 Å². The maximum absolute atomic E-state index is 12.2. The molecule has 0 bridgehead atoms. The molecule has 0 aromatic carbocycles. The highest BCUT2D eigenvalue weighted by Crippen LogP contribution is 2.15. The Balaban J connectivity index is 1.99. The molecule has 10 heteroatoms. The minimum Gasteiger partial charge on any atom is -0.383 e. The second-order valence-corrected chi connectivity index (χ2v) is 4.28. The van der Waals surface area contributed by atoms with Crippen LogP contribution in [0.4, 0.5) is 11.5 Å². The number of amides is 2. The number of aromatic nitrogens is 5. The molecule has 0 unspecified atom stereocenters. The standard InChI is InChI=1S/C12H10N8O2/c13-9-7(12(22)17-6-2-1-3-15-4-6)18-19-11-8(10(14)21)16-5-20(9)11/h1-5H,13H2,(H2,14,21)(H,17,22). The van der Waals surface area contributed by atoms with Gasteiger partial charge in [0.25, 0.3) is 11.8 Å². The van der Waals surface area contributed by atoms with E-state index in [9.17, 15) is 9.59 Å². The fourth-order valence-corrected chi connectivity index (χ4v) is 1.84. The van der Waals surface area contributed by atoms with Gasteiger partial charge in [-0.2, -0.15) is 0 Å². The van der Waals surface area contributed by atoms with Crippen LogP contribution in [0.5, 0.6) is 0 Å². The number of hydrogen-bond donors (Lipinski definition) is 3. The Morgan fingerprint density at radius 3 is 2.73 bits per heavy atom. The molecule has 3 aromatic heterocycles. The van der Waals surface area contributed by atoms with Crippen molar-refractivity contribution in [2.24, 2.45) is 5.73 Å². The highest BCUT2D eigenvalue weighted by molar-refractivity contribution is 6.06. The fraction of sp³-hybridized carbons (Fsp3) is 0. The van der Waals surface area contributed by atoms with E-state index < -0.39 is 11.8 Å². The quantitative estimate of drug-likeness (QED) is 0.586. The number of rotatable bonds is 3. The summed E-state index contributed by atoms with van der Waals surface area (Å²) in [7, 11) is 0. The van der Waals surface area contributed by atoms with E-state index >= 15 is 0 Å². The molecule has 3 heterocycles. The third kappa shape index (κ3) is 2.18. The maximum atomic E-state index is 12.2. The Morgan fingerprint density at radius 2 is 2.05 bits per heavy atom. The Bertz CT molecular complexity index is 873. The molecule has 0 saturated carbocycles. The summed E-state index contributed by atoms with van der Waals surface area (Å²) < 4.78 is 1.27. The van der Waals surface area contributed by atoms with Gasteiger partial charge in [-0.25, -0.2) is 4.98 Å². The molecule has 22 heavy (non-hydrogen) atoms. The monoisotopic (exact) mass is 298 g/mol. The SMILES string of the molecule is NC(=O)c1ncn2c(N)c(C(=O)Nc3cccnc3)nnc12. The van der Waals surface area contributed by atoms with Crippen LogP contribution >= 0.6 is 0 Å². The van der Waals surface area contributed by atoms with Crippen molar-refractivity contribution in [3.8, 4) is 0 Å². The Kier molecular flexibility index (Phi) is 3.10. The number of pyridine rings is 1. The lowest BCUT2D eigenvalue weighted by Gasteiger charge is -2.07. The van der Waals surface area contributed by atoms with E-state index in [-0.39, 0.29) is 22.9 Å². The molecule has 0 aliphatic carbocycles. The number of nitrogen functional groups attached to an aromatic ring is 1. The van der Waals surface area contributed by atoms with Crippen molar-refractivity contribution in [2.75, 3.05) is 11.1 Å². The topological polar surface area (TPSA) is 154 Å². The summed E-state index contributed by atoms with van der Waals surface area (Å²) in [5, 5.41) is 10.1. The van der Waals surface area contributed by atoms with Gasteiger partial charge in [-0.3, -0.25) is 19.0 Å².